The molecule has 4 N–H and O–H groups in total. The molecule has 0 heterocycles. The molecule has 13 heteroatoms. The number of hydrogen-bond acceptors (Lipinski definition) is 9. The molecule has 11 nitrogen and oxygen atoms in total. The molecular weight excluding hydrogens is 402 g/mol. The van der Waals surface area contributed by atoms with Gasteiger partial charge in [-0.25, -0.2) is 0 Å². The zero-order valence-corrected chi connectivity index (χ0v) is 15.2. The van der Waals surface area contributed by atoms with E-state index in [1.807, 2.05) is 0 Å². The molecule has 0 saturated heterocycles. The van der Waals surface area contributed by atoms with E-state index >= 15 is 0 Å². The van der Waals surface area contributed by atoms with Gasteiger partial charge in [-0.3, -0.25) is 14.7 Å². The van der Waals surface area contributed by atoms with Crippen molar-refractivity contribution in [3.63, 3.8) is 0 Å². The maximum Gasteiger partial charge on any atom is 0.341 e. The monoisotopic (exact) mass is 417 g/mol. The van der Waals surface area contributed by atoms with Gasteiger partial charge < -0.3 is 15.2 Å². The molecule has 2 rings (SSSR count). The quantitative estimate of drug-likeness (QED) is 0.242. The minimum absolute atomic E-state index is 0.0182. The third kappa shape index (κ3) is 4.91. The maximum absolute atomic E-state index is 12.6. The molecular formula is C14H15N3O8S2. The predicted octanol–water partition coefficient (Wildman–Crippen LogP) is 0.980. The SMILES string of the molecule is NCCNc1ccc([N+](=O)[O-])cc1S(=O)(=O)Oc1ccccc1S(=O)(=O)O. The Hall–Kier alpha value is -2.74. The zero-order valence-electron chi connectivity index (χ0n) is 13.6. The molecule has 0 bridgehead atoms. The van der Waals surface area contributed by atoms with Crippen molar-refractivity contribution in [2.24, 2.45) is 5.73 Å². The number of nitrogens with two attached hydrogens (primary N) is 1. The van der Waals surface area contributed by atoms with E-state index in [2.05, 4.69) is 5.32 Å². The summed E-state index contributed by atoms with van der Waals surface area (Å²) < 4.78 is 62.1. The van der Waals surface area contributed by atoms with E-state index in [1.54, 1.807) is 0 Å². The first-order chi connectivity index (χ1) is 12.6. The van der Waals surface area contributed by atoms with Crippen LogP contribution < -0.4 is 15.2 Å². The lowest BCUT2D eigenvalue weighted by atomic mass is 10.3. The average Bonchev–Trinajstić information content (AvgIpc) is 2.58. The third-order valence-corrected chi connectivity index (χ3v) is 5.40. The Kier molecular flexibility index (Phi) is 6.00. The fraction of sp³-hybridized carbons (Fsp3) is 0.143. The van der Waals surface area contributed by atoms with Crippen LogP contribution in [0.25, 0.3) is 0 Å². The van der Waals surface area contributed by atoms with Gasteiger partial charge in [-0.2, -0.15) is 16.8 Å². The molecule has 2 aromatic carbocycles. The molecule has 0 unspecified atom stereocenters. The molecule has 0 aliphatic heterocycles. The maximum atomic E-state index is 12.6. The Morgan fingerprint density at radius 2 is 1.78 bits per heavy atom. The summed E-state index contributed by atoms with van der Waals surface area (Å²) in [6, 6.07) is 7.53. The van der Waals surface area contributed by atoms with Gasteiger partial charge in [0.05, 0.1) is 10.6 Å². The third-order valence-electron chi connectivity index (χ3n) is 3.23. The van der Waals surface area contributed by atoms with Crippen LogP contribution in [-0.4, -0.2) is 39.4 Å². The molecule has 0 amide bonds. The summed E-state index contributed by atoms with van der Waals surface area (Å²) in [5, 5.41) is 13.7. The van der Waals surface area contributed by atoms with Crippen molar-refractivity contribution in [3.8, 4) is 5.75 Å². The summed E-state index contributed by atoms with van der Waals surface area (Å²) in [7, 11) is -9.46. The smallest absolute Gasteiger partial charge is 0.341 e. The first-order valence-corrected chi connectivity index (χ1v) is 10.1. The summed E-state index contributed by atoms with van der Waals surface area (Å²) in [5.74, 6) is -0.656. The second kappa shape index (κ2) is 7.87. The Balaban J connectivity index is 2.56. The number of non-ortho nitro benzene ring substituents is 1. The topological polar surface area (TPSA) is 179 Å². The van der Waals surface area contributed by atoms with Crippen LogP contribution >= 0.6 is 0 Å². The van der Waals surface area contributed by atoms with Crippen molar-refractivity contribution >= 4 is 31.6 Å². The Bertz CT molecular complexity index is 1070. The standard InChI is InChI=1S/C14H15N3O8S2/c15-7-8-16-11-6-5-10(17(18)19)9-14(11)27(23,24)25-12-3-1-2-4-13(12)26(20,21)22/h1-6,9,16H,7-8,15H2,(H,20,21,22). The molecule has 146 valence electrons. The Labute approximate surface area is 154 Å². The van der Waals surface area contributed by atoms with Gasteiger partial charge in [-0.15, -0.1) is 0 Å². The van der Waals surface area contributed by atoms with Gasteiger partial charge in [0.15, 0.2) is 5.75 Å². The molecule has 0 atom stereocenters. The van der Waals surface area contributed by atoms with E-state index < -0.39 is 46.4 Å². The Morgan fingerprint density at radius 1 is 1.11 bits per heavy atom. The van der Waals surface area contributed by atoms with Gasteiger partial charge in [-0.1, -0.05) is 12.1 Å². The number of rotatable bonds is 8. The second-order valence-corrected chi connectivity index (χ2v) is 8.02. The van der Waals surface area contributed by atoms with Crippen LogP contribution in [0, 0.1) is 10.1 Å². The molecule has 0 fully saturated rings. The van der Waals surface area contributed by atoms with Crippen LogP contribution in [-0.2, 0) is 20.2 Å². The van der Waals surface area contributed by atoms with Gasteiger partial charge in [0.1, 0.15) is 9.79 Å². The molecule has 0 aromatic heterocycles. The molecule has 27 heavy (non-hydrogen) atoms. The number of anilines is 1. The van der Waals surface area contributed by atoms with Crippen molar-refractivity contribution in [1.82, 2.24) is 0 Å². The highest BCUT2D eigenvalue weighted by Crippen LogP contribution is 2.31. The predicted molar refractivity (Wildman–Crippen MR) is 94.7 cm³/mol. The van der Waals surface area contributed by atoms with Crippen LogP contribution in [0.15, 0.2) is 52.3 Å². The van der Waals surface area contributed by atoms with Gasteiger partial charge in [0.25, 0.3) is 15.8 Å². The molecule has 0 aliphatic rings. The summed E-state index contributed by atoms with van der Waals surface area (Å²) in [4.78, 5) is 8.82. The number of para-hydroxylation sites is 1. The summed E-state index contributed by atoms with van der Waals surface area (Å²) >= 11 is 0. The number of benzene rings is 2. The number of hydrogen-bond donors (Lipinski definition) is 3. The largest absolute Gasteiger partial charge is 0.383 e. The molecule has 0 saturated carbocycles. The number of nitro groups is 1. The first-order valence-electron chi connectivity index (χ1n) is 7.29. The lowest BCUT2D eigenvalue weighted by Gasteiger charge is -2.14. The van der Waals surface area contributed by atoms with Crippen molar-refractivity contribution in [2.45, 2.75) is 9.79 Å². The van der Waals surface area contributed by atoms with Crippen LogP contribution in [0.2, 0.25) is 0 Å². The van der Waals surface area contributed by atoms with Gasteiger partial charge >= 0.3 is 10.1 Å². The van der Waals surface area contributed by atoms with E-state index in [1.165, 1.54) is 18.2 Å². The van der Waals surface area contributed by atoms with Crippen molar-refractivity contribution in [2.75, 3.05) is 18.4 Å². The van der Waals surface area contributed by atoms with E-state index in [-0.39, 0.29) is 18.8 Å². The molecule has 0 aliphatic carbocycles. The van der Waals surface area contributed by atoms with Gasteiger partial charge in [-0.05, 0) is 18.2 Å². The molecule has 0 radical (unpaired) electrons. The second-order valence-electron chi connectivity index (χ2n) is 5.11. The summed E-state index contributed by atoms with van der Waals surface area (Å²) in [6.07, 6.45) is 0. The minimum atomic E-state index is -4.76. The highest BCUT2D eigenvalue weighted by molar-refractivity contribution is 7.87. The summed E-state index contributed by atoms with van der Waals surface area (Å²) in [5.41, 5.74) is 4.83. The normalized spacial score (nSPS) is 11.8. The average molecular weight is 417 g/mol. The number of nitro benzene ring substituents is 1. The van der Waals surface area contributed by atoms with Gasteiger partial charge in [0, 0.05) is 25.2 Å². The van der Waals surface area contributed by atoms with Gasteiger partial charge in [0.2, 0.25) is 0 Å². The van der Waals surface area contributed by atoms with Crippen LogP contribution in [0.4, 0.5) is 11.4 Å². The minimum Gasteiger partial charge on any atom is -0.383 e. The highest BCUT2D eigenvalue weighted by atomic mass is 32.2. The Morgan fingerprint density at radius 3 is 2.37 bits per heavy atom. The highest BCUT2D eigenvalue weighted by Gasteiger charge is 2.27. The lowest BCUT2D eigenvalue weighted by molar-refractivity contribution is -0.385. The fourth-order valence-electron chi connectivity index (χ4n) is 2.08. The van der Waals surface area contributed by atoms with Crippen LogP contribution in [0.5, 0.6) is 5.75 Å². The molecule has 0 spiro atoms. The first kappa shape index (κ1) is 20.6. The van der Waals surface area contributed by atoms with Crippen molar-refractivity contribution in [1.29, 1.82) is 0 Å². The van der Waals surface area contributed by atoms with Crippen LogP contribution in [0.3, 0.4) is 0 Å². The van der Waals surface area contributed by atoms with E-state index in [0.717, 1.165) is 24.3 Å². The zero-order chi connectivity index (χ0) is 20.2. The fourth-order valence-corrected chi connectivity index (χ4v) is 3.89. The van der Waals surface area contributed by atoms with Crippen LogP contribution in [0.1, 0.15) is 0 Å². The van der Waals surface area contributed by atoms with E-state index in [9.17, 15) is 31.5 Å². The number of nitrogens with zero attached hydrogens (tertiary/aromatic N) is 1. The van der Waals surface area contributed by atoms with E-state index in [0.29, 0.717) is 0 Å². The molecule has 2 aromatic rings. The lowest BCUT2D eigenvalue weighted by Crippen LogP contribution is -2.18. The van der Waals surface area contributed by atoms with Crippen molar-refractivity contribution < 1.29 is 30.5 Å². The summed E-state index contributed by atoms with van der Waals surface area (Å²) in [6.45, 7) is 0.324. The van der Waals surface area contributed by atoms with E-state index in [4.69, 9.17) is 9.92 Å². The van der Waals surface area contributed by atoms with Crippen molar-refractivity contribution in [3.05, 3.63) is 52.6 Å². The number of nitrogens with one attached hydrogen (secondary N) is 1.